The molecule has 0 spiro atoms. The summed E-state index contributed by atoms with van der Waals surface area (Å²) in [5.74, 6) is 0. The Kier molecular flexibility index (Phi) is 2.89. The van der Waals surface area contributed by atoms with Crippen molar-refractivity contribution in [2.75, 3.05) is 0 Å². The molecule has 8 heteroatoms. The van der Waals surface area contributed by atoms with Crippen molar-refractivity contribution in [2.45, 2.75) is 12.7 Å². The van der Waals surface area contributed by atoms with Crippen molar-refractivity contribution in [3.05, 3.63) is 33.6 Å². The lowest BCUT2D eigenvalue weighted by Gasteiger charge is -2.06. The van der Waals surface area contributed by atoms with Gasteiger partial charge in [0.05, 0.1) is 10.6 Å². The van der Waals surface area contributed by atoms with E-state index < -0.39 is 22.5 Å². The van der Waals surface area contributed by atoms with Crippen LogP contribution in [0.3, 0.4) is 0 Å². The highest BCUT2D eigenvalue weighted by atomic mass is 19.4. The number of hydrogen-bond donors (Lipinski definition) is 1. The molecule has 0 unspecified atom stereocenters. The summed E-state index contributed by atoms with van der Waals surface area (Å²) in [6.07, 6.45) is -4.71. The number of alkyl halides is 3. The Balaban J connectivity index is 3.30. The molecule has 0 aliphatic rings. The molecular weight excluding hydrogens is 215 g/mol. The molecule has 1 rings (SSSR count). The van der Waals surface area contributed by atoms with E-state index in [0.717, 1.165) is 6.07 Å². The minimum atomic E-state index is -4.71. The van der Waals surface area contributed by atoms with Crippen molar-refractivity contribution in [1.82, 2.24) is 4.98 Å². The van der Waals surface area contributed by atoms with Crippen molar-refractivity contribution >= 4 is 5.69 Å². The Morgan fingerprint density at radius 1 is 1.47 bits per heavy atom. The fourth-order valence-corrected chi connectivity index (χ4v) is 0.927. The number of nitro groups is 1. The average molecular weight is 221 g/mol. The molecule has 0 atom stereocenters. The number of pyridine rings is 1. The summed E-state index contributed by atoms with van der Waals surface area (Å²) in [4.78, 5) is 12.5. The Morgan fingerprint density at radius 2 is 2.07 bits per heavy atom. The predicted molar refractivity (Wildman–Crippen MR) is 43.8 cm³/mol. The van der Waals surface area contributed by atoms with Crippen LogP contribution in [0.4, 0.5) is 18.9 Å². The molecule has 0 radical (unpaired) electrons. The maximum absolute atomic E-state index is 12.2. The summed E-state index contributed by atoms with van der Waals surface area (Å²) in [7, 11) is 0. The van der Waals surface area contributed by atoms with Crippen molar-refractivity contribution in [2.24, 2.45) is 5.73 Å². The summed E-state index contributed by atoms with van der Waals surface area (Å²) in [6.45, 7) is -0.287. The predicted octanol–water partition coefficient (Wildman–Crippen LogP) is 1.47. The monoisotopic (exact) mass is 221 g/mol. The van der Waals surface area contributed by atoms with Crippen LogP contribution in [-0.2, 0) is 12.7 Å². The summed E-state index contributed by atoms with van der Waals surface area (Å²) < 4.78 is 36.7. The van der Waals surface area contributed by atoms with Crippen LogP contribution >= 0.6 is 0 Å². The van der Waals surface area contributed by atoms with Gasteiger partial charge in [0.25, 0.3) is 5.69 Å². The lowest BCUT2D eigenvalue weighted by molar-refractivity contribution is -0.385. The molecule has 0 saturated carbocycles. The molecule has 2 N–H and O–H groups in total. The first-order valence-corrected chi connectivity index (χ1v) is 3.77. The number of halogens is 3. The van der Waals surface area contributed by atoms with E-state index >= 15 is 0 Å². The fraction of sp³-hybridized carbons (Fsp3) is 0.286. The molecule has 0 aliphatic carbocycles. The third kappa shape index (κ3) is 2.62. The van der Waals surface area contributed by atoms with Gasteiger partial charge >= 0.3 is 6.18 Å². The zero-order chi connectivity index (χ0) is 11.6. The third-order valence-corrected chi connectivity index (χ3v) is 1.57. The highest BCUT2D eigenvalue weighted by molar-refractivity contribution is 5.34. The Labute approximate surface area is 81.9 Å². The Morgan fingerprint density at radius 3 is 2.47 bits per heavy atom. The van der Waals surface area contributed by atoms with E-state index in [1.165, 1.54) is 0 Å². The van der Waals surface area contributed by atoms with Gasteiger partial charge < -0.3 is 5.73 Å². The zero-order valence-corrected chi connectivity index (χ0v) is 7.28. The van der Waals surface area contributed by atoms with E-state index in [2.05, 4.69) is 4.98 Å². The van der Waals surface area contributed by atoms with Crippen LogP contribution in [0, 0.1) is 10.1 Å². The third-order valence-electron chi connectivity index (χ3n) is 1.57. The van der Waals surface area contributed by atoms with Crippen molar-refractivity contribution in [3.63, 3.8) is 0 Å². The largest absolute Gasteiger partial charge is 0.433 e. The second kappa shape index (κ2) is 3.81. The molecule has 15 heavy (non-hydrogen) atoms. The lowest BCUT2D eigenvalue weighted by Crippen LogP contribution is -2.12. The number of nitrogens with two attached hydrogens (primary N) is 1. The van der Waals surface area contributed by atoms with Gasteiger partial charge in [-0.25, -0.2) is 4.98 Å². The van der Waals surface area contributed by atoms with E-state index in [1.807, 2.05) is 0 Å². The SMILES string of the molecule is NCc1cc([N+](=O)[O-])cc(C(F)(F)F)n1. The molecule has 0 bridgehead atoms. The Bertz CT molecular complexity index is 392. The van der Waals surface area contributed by atoms with Crippen LogP contribution in [0.1, 0.15) is 11.4 Å². The summed E-state index contributed by atoms with van der Waals surface area (Å²) in [5.41, 5.74) is 2.93. The van der Waals surface area contributed by atoms with Crippen molar-refractivity contribution in [1.29, 1.82) is 0 Å². The molecule has 0 aliphatic heterocycles. The number of rotatable bonds is 2. The summed E-state index contributed by atoms with van der Waals surface area (Å²) in [5, 5.41) is 10.3. The van der Waals surface area contributed by atoms with Gasteiger partial charge in [-0.3, -0.25) is 10.1 Å². The first-order valence-electron chi connectivity index (χ1n) is 3.77. The highest BCUT2D eigenvalue weighted by Gasteiger charge is 2.34. The van der Waals surface area contributed by atoms with Gasteiger partial charge in [-0.05, 0) is 0 Å². The van der Waals surface area contributed by atoms with E-state index in [9.17, 15) is 23.3 Å². The zero-order valence-electron chi connectivity index (χ0n) is 7.28. The summed E-state index contributed by atoms with van der Waals surface area (Å²) >= 11 is 0. The van der Waals surface area contributed by atoms with Gasteiger partial charge in [0.2, 0.25) is 0 Å². The maximum atomic E-state index is 12.2. The van der Waals surface area contributed by atoms with Crippen LogP contribution in [0.15, 0.2) is 12.1 Å². The van der Waals surface area contributed by atoms with Crippen LogP contribution in [0.2, 0.25) is 0 Å². The lowest BCUT2D eigenvalue weighted by atomic mass is 10.2. The molecule has 5 nitrogen and oxygen atoms in total. The molecule has 1 aromatic rings. The van der Waals surface area contributed by atoms with Gasteiger partial charge in [0, 0.05) is 18.7 Å². The molecule has 0 amide bonds. The van der Waals surface area contributed by atoms with E-state index in [1.54, 1.807) is 0 Å². The standard InChI is InChI=1S/C7H6F3N3O2/c8-7(9,10)6-2-5(13(14)15)1-4(3-11)12-6/h1-2H,3,11H2. The van der Waals surface area contributed by atoms with Gasteiger partial charge in [-0.1, -0.05) is 0 Å². The van der Waals surface area contributed by atoms with Crippen LogP contribution < -0.4 is 5.73 Å². The van der Waals surface area contributed by atoms with Gasteiger partial charge in [-0.15, -0.1) is 0 Å². The topological polar surface area (TPSA) is 82.0 Å². The minimum Gasteiger partial charge on any atom is -0.325 e. The van der Waals surface area contributed by atoms with E-state index in [-0.39, 0.29) is 12.2 Å². The quantitative estimate of drug-likeness (QED) is 0.605. The Hall–Kier alpha value is -1.70. The number of nitrogens with zero attached hydrogens (tertiary/aromatic N) is 2. The molecular formula is C7H6F3N3O2. The second-order valence-corrected chi connectivity index (χ2v) is 2.66. The van der Waals surface area contributed by atoms with Gasteiger partial charge in [0.15, 0.2) is 5.69 Å². The molecule has 0 fully saturated rings. The normalized spacial score (nSPS) is 11.5. The minimum absolute atomic E-state index is 0.170. The van der Waals surface area contributed by atoms with Crippen molar-refractivity contribution < 1.29 is 18.1 Å². The van der Waals surface area contributed by atoms with Crippen LogP contribution in [-0.4, -0.2) is 9.91 Å². The van der Waals surface area contributed by atoms with Crippen LogP contribution in [0.25, 0.3) is 0 Å². The first kappa shape index (κ1) is 11.4. The first-order chi connectivity index (χ1) is 6.84. The highest BCUT2D eigenvalue weighted by Crippen LogP contribution is 2.30. The molecule has 0 aromatic carbocycles. The molecule has 1 aromatic heterocycles. The van der Waals surface area contributed by atoms with E-state index in [0.29, 0.717) is 6.07 Å². The second-order valence-electron chi connectivity index (χ2n) is 2.66. The summed E-state index contributed by atoms with van der Waals surface area (Å²) in [6, 6.07) is 1.29. The van der Waals surface area contributed by atoms with E-state index in [4.69, 9.17) is 5.73 Å². The molecule has 82 valence electrons. The van der Waals surface area contributed by atoms with Gasteiger partial charge in [-0.2, -0.15) is 13.2 Å². The molecule has 0 saturated heterocycles. The average Bonchev–Trinajstić information content (AvgIpc) is 2.15. The smallest absolute Gasteiger partial charge is 0.325 e. The van der Waals surface area contributed by atoms with Crippen LogP contribution in [0.5, 0.6) is 0 Å². The molecule has 1 heterocycles. The fourth-order valence-electron chi connectivity index (χ4n) is 0.927. The van der Waals surface area contributed by atoms with Crippen molar-refractivity contribution in [3.8, 4) is 0 Å². The number of hydrogen-bond acceptors (Lipinski definition) is 4. The maximum Gasteiger partial charge on any atom is 0.433 e. The number of aromatic nitrogens is 1. The van der Waals surface area contributed by atoms with Gasteiger partial charge in [0.1, 0.15) is 0 Å².